The van der Waals surface area contributed by atoms with E-state index in [1.165, 1.54) is 4.90 Å². The lowest BCUT2D eigenvalue weighted by molar-refractivity contribution is -0.137. The van der Waals surface area contributed by atoms with Crippen LogP contribution in [0.25, 0.3) is 0 Å². The fourth-order valence-electron chi connectivity index (χ4n) is 3.80. The number of nitrogens with zero attached hydrogens (tertiary/aromatic N) is 2. The number of fused-ring (bicyclic) bond motifs is 1. The van der Waals surface area contributed by atoms with Crippen LogP contribution in [0.15, 0.2) is 47.4 Å². The monoisotopic (exact) mass is 499 g/mol. The SMILES string of the molecule is C[C@@H](NC(=O)N1CCN(S(=O)(=O)c2cccc(C(F)(F)F)c2)CC1)c1ccc2c(c1)OCCO2. The van der Waals surface area contributed by atoms with Crippen molar-refractivity contribution in [2.75, 3.05) is 39.4 Å². The van der Waals surface area contributed by atoms with Crippen molar-refractivity contribution in [2.45, 2.75) is 24.0 Å². The van der Waals surface area contributed by atoms with Gasteiger partial charge < -0.3 is 19.7 Å². The molecule has 0 saturated carbocycles. The van der Waals surface area contributed by atoms with Gasteiger partial charge in [0.1, 0.15) is 13.2 Å². The van der Waals surface area contributed by atoms with Crippen molar-refractivity contribution in [1.29, 1.82) is 0 Å². The summed E-state index contributed by atoms with van der Waals surface area (Å²) in [5.41, 5.74) is -0.205. The molecule has 12 heteroatoms. The first kappa shape index (κ1) is 24.1. The van der Waals surface area contributed by atoms with E-state index in [2.05, 4.69) is 5.32 Å². The van der Waals surface area contributed by atoms with Crippen molar-refractivity contribution in [3.05, 3.63) is 53.6 Å². The number of hydrogen-bond donors (Lipinski definition) is 1. The number of halogens is 3. The summed E-state index contributed by atoms with van der Waals surface area (Å²) < 4.78 is 76.8. The van der Waals surface area contributed by atoms with Crippen molar-refractivity contribution in [3.8, 4) is 11.5 Å². The number of amides is 2. The maximum absolute atomic E-state index is 13.0. The highest BCUT2D eigenvalue weighted by Gasteiger charge is 2.34. The molecule has 0 aliphatic carbocycles. The second-order valence-electron chi connectivity index (χ2n) is 7.99. The molecule has 1 saturated heterocycles. The van der Waals surface area contributed by atoms with E-state index in [0.717, 1.165) is 28.1 Å². The van der Waals surface area contributed by atoms with Crippen LogP contribution in [0.1, 0.15) is 24.1 Å². The van der Waals surface area contributed by atoms with Crippen molar-refractivity contribution in [3.63, 3.8) is 0 Å². The quantitative estimate of drug-likeness (QED) is 0.698. The topological polar surface area (TPSA) is 88.2 Å². The number of sulfonamides is 1. The Hall–Kier alpha value is -2.99. The molecule has 1 fully saturated rings. The summed E-state index contributed by atoms with van der Waals surface area (Å²) in [5.74, 6) is 1.25. The van der Waals surface area contributed by atoms with Crippen LogP contribution in [-0.4, -0.2) is 63.0 Å². The zero-order valence-electron chi connectivity index (χ0n) is 18.3. The predicted molar refractivity (Wildman–Crippen MR) is 116 cm³/mol. The Morgan fingerprint density at radius 3 is 2.35 bits per heavy atom. The third-order valence-electron chi connectivity index (χ3n) is 5.73. The molecule has 2 aliphatic rings. The maximum Gasteiger partial charge on any atom is 0.416 e. The van der Waals surface area contributed by atoms with E-state index in [9.17, 15) is 26.4 Å². The van der Waals surface area contributed by atoms with Crippen LogP contribution < -0.4 is 14.8 Å². The van der Waals surface area contributed by atoms with E-state index >= 15 is 0 Å². The van der Waals surface area contributed by atoms with E-state index in [1.54, 1.807) is 12.1 Å². The van der Waals surface area contributed by atoms with E-state index in [-0.39, 0.29) is 38.3 Å². The first-order valence-corrected chi connectivity index (χ1v) is 12.1. The molecule has 2 aliphatic heterocycles. The summed E-state index contributed by atoms with van der Waals surface area (Å²) in [6.45, 7) is 2.92. The Balaban J connectivity index is 1.36. The number of ether oxygens (including phenoxy) is 2. The molecular weight excluding hydrogens is 475 g/mol. The Bertz CT molecular complexity index is 1160. The molecule has 1 atom stereocenters. The average Bonchev–Trinajstić information content (AvgIpc) is 2.83. The summed E-state index contributed by atoms with van der Waals surface area (Å²) >= 11 is 0. The third-order valence-corrected chi connectivity index (χ3v) is 7.63. The van der Waals surface area contributed by atoms with Crippen LogP contribution in [0.2, 0.25) is 0 Å². The van der Waals surface area contributed by atoms with Gasteiger partial charge in [-0.1, -0.05) is 12.1 Å². The number of nitrogens with one attached hydrogen (secondary N) is 1. The molecule has 2 aromatic carbocycles. The Morgan fingerprint density at radius 1 is 1.00 bits per heavy atom. The van der Waals surface area contributed by atoms with Crippen LogP contribution in [0.4, 0.5) is 18.0 Å². The van der Waals surface area contributed by atoms with Crippen LogP contribution >= 0.6 is 0 Å². The van der Waals surface area contributed by atoms with Gasteiger partial charge in [-0.05, 0) is 42.8 Å². The molecule has 0 aromatic heterocycles. The van der Waals surface area contributed by atoms with Gasteiger partial charge in [-0.25, -0.2) is 13.2 Å². The largest absolute Gasteiger partial charge is 0.486 e. The average molecular weight is 500 g/mol. The number of piperazine rings is 1. The van der Waals surface area contributed by atoms with Gasteiger partial charge in [-0.15, -0.1) is 0 Å². The molecule has 2 aromatic rings. The van der Waals surface area contributed by atoms with Gasteiger partial charge in [-0.2, -0.15) is 17.5 Å². The van der Waals surface area contributed by atoms with Crippen molar-refractivity contribution >= 4 is 16.1 Å². The number of rotatable bonds is 4. The Morgan fingerprint density at radius 2 is 1.68 bits per heavy atom. The first-order valence-electron chi connectivity index (χ1n) is 10.7. The number of urea groups is 1. The summed E-state index contributed by atoms with van der Waals surface area (Å²) in [5, 5.41) is 2.88. The standard InChI is InChI=1S/C22H24F3N3O5S/c1-15(16-5-6-19-20(13-16)33-12-11-32-19)26-21(29)27-7-9-28(10-8-27)34(30,31)18-4-2-3-17(14-18)22(23,24)25/h2-6,13-15H,7-12H2,1H3,(H,26,29)/t15-/m1/s1. The van der Waals surface area contributed by atoms with Crippen molar-refractivity contribution in [2.24, 2.45) is 0 Å². The molecule has 4 rings (SSSR count). The number of benzene rings is 2. The smallest absolute Gasteiger partial charge is 0.416 e. The lowest BCUT2D eigenvalue weighted by Gasteiger charge is -2.34. The highest BCUT2D eigenvalue weighted by molar-refractivity contribution is 7.89. The molecule has 184 valence electrons. The van der Waals surface area contributed by atoms with Gasteiger partial charge in [0, 0.05) is 26.2 Å². The molecular formula is C22H24F3N3O5S. The first-order chi connectivity index (χ1) is 16.1. The van der Waals surface area contributed by atoms with Gasteiger partial charge in [0.2, 0.25) is 10.0 Å². The fraction of sp³-hybridized carbons (Fsp3) is 0.409. The predicted octanol–water partition coefficient (Wildman–Crippen LogP) is 3.25. The van der Waals surface area contributed by atoms with Crippen LogP contribution in [0.3, 0.4) is 0 Å². The second kappa shape index (κ2) is 9.34. The van der Waals surface area contributed by atoms with E-state index < -0.39 is 26.7 Å². The summed E-state index contributed by atoms with van der Waals surface area (Å²) in [7, 11) is -4.12. The van der Waals surface area contributed by atoms with E-state index in [4.69, 9.17) is 9.47 Å². The zero-order chi connectivity index (χ0) is 24.5. The molecule has 0 spiro atoms. The van der Waals surface area contributed by atoms with E-state index in [1.807, 2.05) is 13.0 Å². The number of carbonyl (C=O) groups excluding carboxylic acids is 1. The molecule has 0 radical (unpaired) electrons. The maximum atomic E-state index is 13.0. The third kappa shape index (κ3) is 5.07. The van der Waals surface area contributed by atoms with Gasteiger partial charge in [-0.3, -0.25) is 0 Å². The molecule has 2 heterocycles. The van der Waals surface area contributed by atoms with Gasteiger partial charge in [0.15, 0.2) is 11.5 Å². The summed E-state index contributed by atoms with van der Waals surface area (Å²) in [6.07, 6.45) is -4.64. The second-order valence-corrected chi connectivity index (χ2v) is 9.93. The number of hydrogen-bond acceptors (Lipinski definition) is 5. The van der Waals surface area contributed by atoms with Crippen molar-refractivity contribution in [1.82, 2.24) is 14.5 Å². The van der Waals surface area contributed by atoms with E-state index in [0.29, 0.717) is 30.8 Å². The molecule has 1 N–H and O–H groups in total. The number of carbonyl (C=O) groups is 1. The highest BCUT2D eigenvalue weighted by atomic mass is 32.2. The van der Waals surface area contributed by atoms with Crippen LogP contribution in [0.5, 0.6) is 11.5 Å². The Kier molecular flexibility index (Phi) is 6.63. The van der Waals surface area contributed by atoms with Crippen LogP contribution in [0, 0.1) is 0 Å². The van der Waals surface area contributed by atoms with Crippen LogP contribution in [-0.2, 0) is 16.2 Å². The normalized spacial score (nSPS) is 17.8. The minimum Gasteiger partial charge on any atom is -0.486 e. The van der Waals surface area contributed by atoms with Gasteiger partial charge in [0.05, 0.1) is 16.5 Å². The lowest BCUT2D eigenvalue weighted by atomic mass is 10.1. The Labute approximate surface area is 195 Å². The van der Waals surface area contributed by atoms with Gasteiger partial charge >= 0.3 is 12.2 Å². The molecule has 2 amide bonds. The number of alkyl halides is 3. The minimum atomic E-state index is -4.64. The summed E-state index contributed by atoms with van der Waals surface area (Å²) in [6, 6.07) is 8.38. The zero-order valence-corrected chi connectivity index (χ0v) is 19.2. The molecule has 0 bridgehead atoms. The van der Waals surface area contributed by atoms with Crippen molar-refractivity contribution < 1.29 is 35.9 Å². The fourth-order valence-corrected chi connectivity index (χ4v) is 5.27. The minimum absolute atomic E-state index is 0.0234. The lowest BCUT2D eigenvalue weighted by Crippen LogP contribution is -2.53. The summed E-state index contributed by atoms with van der Waals surface area (Å²) in [4.78, 5) is 13.8. The molecule has 0 unspecified atom stereocenters. The highest BCUT2D eigenvalue weighted by Crippen LogP contribution is 2.33. The van der Waals surface area contributed by atoms with Gasteiger partial charge in [0.25, 0.3) is 0 Å². The molecule has 8 nitrogen and oxygen atoms in total. The molecule has 34 heavy (non-hydrogen) atoms.